The van der Waals surface area contributed by atoms with Crippen LogP contribution in [0.5, 0.6) is 0 Å². The summed E-state index contributed by atoms with van der Waals surface area (Å²) in [5.41, 5.74) is 0.272. The Hall–Kier alpha value is -0.340. The van der Waals surface area contributed by atoms with Crippen LogP contribution < -0.4 is 5.32 Å². The summed E-state index contributed by atoms with van der Waals surface area (Å²) in [6.07, 6.45) is 5.55. The molecule has 96 valence electrons. The first-order chi connectivity index (χ1) is 8.04. The maximum absolute atomic E-state index is 3.65. The van der Waals surface area contributed by atoms with Gasteiger partial charge >= 0.3 is 0 Å². The molecule has 0 saturated heterocycles. The number of rotatable bonds is 5. The first-order valence-electron chi connectivity index (χ1n) is 6.82. The largest absolute Gasteiger partial charge is 0.312 e. The van der Waals surface area contributed by atoms with Gasteiger partial charge in [-0.3, -0.25) is 0 Å². The van der Waals surface area contributed by atoms with Crippen LogP contribution in [0.4, 0.5) is 0 Å². The van der Waals surface area contributed by atoms with E-state index in [4.69, 9.17) is 0 Å². The van der Waals surface area contributed by atoms with Gasteiger partial charge in [0.25, 0.3) is 0 Å². The highest BCUT2D eigenvalue weighted by Crippen LogP contribution is 2.37. The number of thiophene rings is 1. The topological polar surface area (TPSA) is 12.0 Å². The predicted molar refractivity (Wildman–Crippen MR) is 76.6 cm³/mol. The fraction of sp³-hybridized carbons (Fsp3) is 0.733. The van der Waals surface area contributed by atoms with E-state index in [-0.39, 0.29) is 5.54 Å². The summed E-state index contributed by atoms with van der Waals surface area (Å²) >= 11 is 1.90. The van der Waals surface area contributed by atoms with E-state index in [2.05, 4.69) is 43.6 Å². The number of aryl methyl sites for hydroxylation is 1. The van der Waals surface area contributed by atoms with Crippen molar-refractivity contribution in [1.29, 1.82) is 0 Å². The zero-order valence-electron chi connectivity index (χ0n) is 11.3. The lowest BCUT2D eigenvalue weighted by atomic mass is 9.71. The standard InChI is InChI=1S/C15H25NS/c1-15(2,3)16-11-13-7-6-12(13)8-9-14-5-4-10-17-14/h4-5,10,12-13,16H,6-9,11H2,1-3H3. The second-order valence-electron chi connectivity index (χ2n) is 6.35. The molecule has 17 heavy (non-hydrogen) atoms. The van der Waals surface area contributed by atoms with Crippen LogP contribution in [-0.2, 0) is 6.42 Å². The molecule has 1 heterocycles. The summed E-state index contributed by atoms with van der Waals surface area (Å²) in [5.74, 6) is 1.89. The Labute approximate surface area is 110 Å². The quantitative estimate of drug-likeness (QED) is 0.831. The molecule has 0 aromatic carbocycles. The normalized spacial score (nSPS) is 24.6. The molecule has 0 bridgehead atoms. The van der Waals surface area contributed by atoms with E-state index in [1.54, 1.807) is 4.88 Å². The molecule has 2 atom stereocenters. The fourth-order valence-corrected chi connectivity index (χ4v) is 3.23. The van der Waals surface area contributed by atoms with Crippen LogP contribution in [-0.4, -0.2) is 12.1 Å². The van der Waals surface area contributed by atoms with Crippen molar-refractivity contribution in [3.63, 3.8) is 0 Å². The molecule has 2 heteroatoms. The van der Waals surface area contributed by atoms with Crippen molar-refractivity contribution in [2.45, 2.75) is 52.0 Å². The molecule has 1 aromatic heterocycles. The van der Waals surface area contributed by atoms with Crippen molar-refractivity contribution in [3.05, 3.63) is 22.4 Å². The highest BCUT2D eigenvalue weighted by Gasteiger charge is 2.30. The third kappa shape index (κ3) is 4.11. The Morgan fingerprint density at radius 2 is 2.06 bits per heavy atom. The second kappa shape index (κ2) is 5.53. The SMILES string of the molecule is CC(C)(C)NCC1CCC1CCc1cccs1. The molecule has 0 spiro atoms. The van der Waals surface area contributed by atoms with Crippen LogP contribution in [0.3, 0.4) is 0 Å². The first-order valence-corrected chi connectivity index (χ1v) is 7.70. The third-order valence-electron chi connectivity index (χ3n) is 3.81. The summed E-state index contributed by atoms with van der Waals surface area (Å²) in [4.78, 5) is 1.56. The van der Waals surface area contributed by atoms with Crippen LogP contribution in [0.15, 0.2) is 17.5 Å². The Morgan fingerprint density at radius 3 is 2.59 bits per heavy atom. The maximum atomic E-state index is 3.65. The Balaban J connectivity index is 1.68. The van der Waals surface area contributed by atoms with Crippen molar-refractivity contribution < 1.29 is 0 Å². The van der Waals surface area contributed by atoms with Crippen molar-refractivity contribution in [2.75, 3.05) is 6.54 Å². The smallest absolute Gasteiger partial charge is 0.00966 e. The molecule has 0 aliphatic heterocycles. The molecule has 2 unspecified atom stereocenters. The molecule has 1 aliphatic carbocycles. The molecule has 1 fully saturated rings. The summed E-state index contributed by atoms with van der Waals surface area (Å²) in [5, 5.41) is 5.84. The number of hydrogen-bond donors (Lipinski definition) is 1. The lowest BCUT2D eigenvalue weighted by molar-refractivity contribution is 0.150. The number of hydrogen-bond acceptors (Lipinski definition) is 2. The zero-order chi connectivity index (χ0) is 12.3. The monoisotopic (exact) mass is 251 g/mol. The highest BCUT2D eigenvalue weighted by atomic mass is 32.1. The second-order valence-corrected chi connectivity index (χ2v) is 7.38. The lowest BCUT2D eigenvalue weighted by Crippen LogP contribution is -2.43. The first kappa shape index (κ1) is 13.1. The summed E-state index contributed by atoms with van der Waals surface area (Å²) in [7, 11) is 0. The van der Waals surface area contributed by atoms with Crippen LogP contribution in [0.25, 0.3) is 0 Å². The molecule has 1 nitrogen and oxygen atoms in total. The van der Waals surface area contributed by atoms with E-state index in [0.29, 0.717) is 0 Å². The van der Waals surface area contributed by atoms with Crippen LogP contribution in [0.1, 0.15) is 44.9 Å². The van der Waals surface area contributed by atoms with E-state index in [0.717, 1.165) is 11.8 Å². The van der Waals surface area contributed by atoms with E-state index < -0.39 is 0 Å². The zero-order valence-corrected chi connectivity index (χ0v) is 12.1. The Bertz CT molecular complexity index is 323. The lowest BCUT2D eigenvalue weighted by Gasteiger charge is -2.38. The highest BCUT2D eigenvalue weighted by molar-refractivity contribution is 7.09. The van der Waals surface area contributed by atoms with Gasteiger partial charge in [0.1, 0.15) is 0 Å². The van der Waals surface area contributed by atoms with Gasteiger partial charge in [-0.1, -0.05) is 6.07 Å². The van der Waals surface area contributed by atoms with Crippen molar-refractivity contribution in [2.24, 2.45) is 11.8 Å². The third-order valence-corrected chi connectivity index (χ3v) is 4.75. The molecule has 1 N–H and O–H groups in total. The van der Waals surface area contributed by atoms with Gasteiger partial charge in [0.05, 0.1) is 0 Å². The van der Waals surface area contributed by atoms with E-state index in [9.17, 15) is 0 Å². The fourth-order valence-electron chi connectivity index (χ4n) is 2.51. The molecule has 1 aliphatic rings. The summed E-state index contributed by atoms with van der Waals surface area (Å²) in [6.45, 7) is 7.98. The van der Waals surface area contributed by atoms with E-state index in [1.807, 2.05) is 11.3 Å². The van der Waals surface area contributed by atoms with Gasteiger partial charge in [0.2, 0.25) is 0 Å². The van der Waals surface area contributed by atoms with Gasteiger partial charge in [-0.25, -0.2) is 0 Å². The molecule has 2 rings (SSSR count). The predicted octanol–water partition coefficient (Wildman–Crippen LogP) is 4.10. The molecule has 0 amide bonds. The molecular formula is C15H25NS. The minimum absolute atomic E-state index is 0.272. The molecule has 0 radical (unpaired) electrons. The van der Waals surface area contributed by atoms with Crippen LogP contribution in [0.2, 0.25) is 0 Å². The van der Waals surface area contributed by atoms with E-state index >= 15 is 0 Å². The van der Waals surface area contributed by atoms with E-state index in [1.165, 1.54) is 32.2 Å². The summed E-state index contributed by atoms with van der Waals surface area (Å²) < 4.78 is 0. The molecule has 1 saturated carbocycles. The Kier molecular flexibility index (Phi) is 4.26. The van der Waals surface area contributed by atoms with Gasteiger partial charge in [0, 0.05) is 10.4 Å². The van der Waals surface area contributed by atoms with Gasteiger partial charge in [0.15, 0.2) is 0 Å². The summed E-state index contributed by atoms with van der Waals surface area (Å²) in [6, 6.07) is 4.44. The van der Waals surface area contributed by atoms with Crippen molar-refractivity contribution in [3.8, 4) is 0 Å². The van der Waals surface area contributed by atoms with Gasteiger partial charge in [-0.2, -0.15) is 0 Å². The van der Waals surface area contributed by atoms with Crippen LogP contribution in [0, 0.1) is 11.8 Å². The molecular weight excluding hydrogens is 226 g/mol. The number of nitrogens with one attached hydrogen (secondary N) is 1. The van der Waals surface area contributed by atoms with Crippen molar-refractivity contribution >= 4 is 11.3 Å². The average molecular weight is 251 g/mol. The van der Waals surface area contributed by atoms with Crippen LogP contribution >= 0.6 is 11.3 Å². The Morgan fingerprint density at radius 1 is 1.29 bits per heavy atom. The minimum Gasteiger partial charge on any atom is -0.312 e. The van der Waals surface area contributed by atoms with Gasteiger partial charge < -0.3 is 5.32 Å². The minimum atomic E-state index is 0.272. The molecule has 1 aromatic rings. The average Bonchev–Trinajstić information content (AvgIpc) is 2.67. The maximum Gasteiger partial charge on any atom is 0.00966 e. The van der Waals surface area contributed by atoms with Gasteiger partial charge in [-0.05, 0) is 76.3 Å². The van der Waals surface area contributed by atoms with Crippen molar-refractivity contribution in [1.82, 2.24) is 5.32 Å². The van der Waals surface area contributed by atoms with Gasteiger partial charge in [-0.15, -0.1) is 11.3 Å².